The van der Waals surface area contributed by atoms with Crippen molar-refractivity contribution in [3.63, 3.8) is 0 Å². The first-order valence-electron chi connectivity index (χ1n) is 5.88. The van der Waals surface area contributed by atoms with Gasteiger partial charge >= 0.3 is 0 Å². The molecule has 0 aromatic heterocycles. The van der Waals surface area contributed by atoms with Crippen molar-refractivity contribution in [1.82, 2.24) is 9.80 Å². The number of thiocarbonyl (C=S) groups is 1. The molecule has 2 nitrogen and oxygen atoms in total. The number of rotatable bonds is 2. The van der Waals surface area contributed by atoms with E-state index in [-0.39, 0.29) is 0 Å². The van der Waals surface area contributed by atoms with Gasteiger partial charge in [0.1, 0.15) is 4.99 Å². The lowest BCUT2D eigenvalue weighted by molar-refractivity contribution is 0.192. The van der Waals surface area contributed by atoms with E-state index in [2.05, 4.69) is 28.9 Å². The summed E-state index contributed by atoms with van der Waals surface area (Å²) >= 11 is 5.52. The molecule has 0 amide bonds. The average molecular weight is 234 g/mol. The minimum Gasteiger partial charge on any atom is -0.360 e. The second-order valence-electron chi connectivity index (χ2n) is 4.09. The maximum absolute atomic E-state index is 5.52. The lowest BCUT2D eigenvalue weighted by atomic mass is 10.2. The summed E-state index contributed by atoms with van der Waals surface area (Å²) in [7, 11) is 0. The van der Waals surface area contributed by atoms with E-state index in [1.165, 1.54) is 5.56 Å². The van der Waals surface area contributed by atoms with Crippen molar-refractivity contribution in [2.75, 3.05) is 32.7 Å². The number of nitrogens with zero attached hydrogens (tertiary/aromatic N) is 2. The Morgan fingerprint density at radius 3 is 2.31 bits per heavy atom. The Labute approximate surface area is 103 Å². The number of hydrogen-bond donors (Lipinski definition) is 0. The number of likely N-dealkylation sites (N-methyl/N-ethyl adjacent to an activating group) is 1. The van der Waals surface area contributed by atoms with E-state index in [4.69, 9.17) is 12.2 Å². The maximum atomic E-state index is 5.52. The zero-order valence-electron chi connectivity index (χ0n) is 9.72. The summed E-state index contributed by atoms with van der Waals surface area (Å²) in [5.74, 6) is 0. The van der Waals surface area contributed by atoms with Crippen LogP contribution in [0.4, 0.5) is 0 Å². The molecule has 0 N–H and O–H groups in total. The van der Waals surface area contributed by atoms with Crippen molar-refractivity contribution in [3.8, 4) is 0 Å². The van der Waals surface area contributed by atoms with Gasteiger partial charge in [0.2, 0.25) is 0 Å². The van der Waals surface area contributed by atoms with Crippen molar-refractivity contribution in [1.29, 1.82) is 0 Å². The molecule has 0 atom stereocenters. The molecule has 1 fully saturated rings. The van der Waals surface area contributed by atoms with Gasteiger partial charge < -0.3 is 9.80 Å². The Morgan fingerprint density at radius 1 is 1.12 bits per heavy atom. The molecule has 0 unspecified atom stereocenters. The standard InChI is InChI=1S/C13H18N2S/c1-2-14-8-10-15(11-9-14)13(16)12-6-4-3-5-7-12/h3-7H,2,8-11H2,1H3. The zero-order valence-corrected chi connectivity index (χ0v) is 10.5. The van der Waals surface area contributed by atoms with Gasteiger partial charge in [0, 0.05) is 31.7 Å². The summed E-state index contributed by atoms with van der Waals surface area (Å²) in [6.07, 6.45) is 0. The Balaban J connectivity index is 1.97. The fourth-order valence-electron chi connectivity index (χ4n) is 2.03. The average Bonchev–Trinajstić information content (AvgIpc) is 2.39. The van der Waals surface area contributed by atoms with Gasteiger partial charge in [-0.2, -0.15) is 0 Å². The SMILES string of the molecule is CCN1CCN(C(=S)c2ccccc2)CC1. The summed E-state index contributed by atoms with van der Waals surface area (Å²) in [5, 5.41) is 0. The lowest BCUT2D eigenvalue weighted by Gasteiger charge is -2.35. The van der Waals surface area contributed by atoms with Crippen LogP contribution in [-0.2, 0) is 0 Å². The van der Waals surface area contributed by atoms with Crippen LogP contribution in [0.1, 0.15) is 12.5 Å². The number of piperazine rings is 1. The van der Waals surface area contributed by atoms with Crippen LogP contribution in [0.3, 0.4) is 0 Å². The van der Waals surface area contributed by atoms with Crippen LogP contribution in [-0.4, -0.2) is 47.5 Å². The van der Waals surface area contributed by atoms with Gasteiger partial charge in [-0.3, -0.25) is 0 Å². The van der Waals surface area contributed by atoms with Crippen LogP contribution in [0.5, 0.6) is 0 Å². The molecule has 0 spiro atoms. The predicted molar refractivity (Wildman–Crippen MR) is 71.8 cm³/mol. The summed E-state index contributed by atoms with van der Waals surface area (Å²) in [4.78, 5) is 5.78. The Morgan fingerprint density at radius 2 is 1.75 bits per heavy atom. The largest absolute Gasteiger partial charge is 0.360 e. The molecule has 0 aliphatic carbocycles. The number of benzene rings is 1. The Kier molecular flexibility index (Phi) is 3.91. The Bertz CT molecular complexity index is 342. The van der Waals surface area contributed by atoms with E-state index in [1.807, 2.05) is 18.2 Å². The molecule has 0 radical (unpaired) electrons. The summed E-state index contributed by atoms with van der Waals surface area (Å²) < 4.78 is 0. The third-order valence-corrected chi connectivity index (χ3v) is 3.62. The van der Waals surface area contributed by atoms with Crippen molar-refractivity contribution in [3.05, 3.63) is 35.9 Å². The highest BCUT2D eigenvalue weighted by atomic mass is 32.1. The molecule has 86 valence electrons. The van der Waals surface area contributed by atoms with Gasteiger partial charge in [0.15, 0.2) is 0 Å². The molecule has 1 aliphatic rings. The van der Waals surface area contributed by atoms with Gasteiger partial charge in [0.25, 0.3) is 0 Å². The molecule has 0 bridgehead atoms. The normalized spacial score (nSPS) is 17.4. The lowest BCUT2D eigenvalue weighted by Crippen LogP contribution is -2.48. The first-order valence-corrected chi connectivity index (χ1v) is 6.28. The van der Waals surface area contributed by atoms with E-state index < -0.39 is 0 Å². The van der Waals surface area contributed by atoms with E-state index in [9.17, 15) is 0 Å². The molecule has 0 saturated carbocycles. The minimum atomic E-state index is 0.997. The molecule has 1 heterocycles. The molecule has 3 heteroatoms. The zero-order chi connectivity index (χ0) is 11.4. The highest BCUT2D eigenvalue weighted by molar-refractivity contribution is 7.80. The van der Waals surface area contributed by atoms with Crippen molar-refractivity contribution in [2.45, 2.75) is 6.92 Å². The summed E-state index contributed by atoms with van der Waals surface area (Å²) in [5.41, 5.74) is 1.17. The van der Waals surface area contributed by atoms with Crippen molar-refractivity contribution < 1.29 is 0 Å². The fraction of sp³-hybridized carbons (Fsp3) is 0.462. The van der Waals surface area contributed by atoms with Crippen LogP contribution in [0, 0.1) is 0 Å². The van der Waals surface area contributed by atoms with E-state index >= 15 is 0 Å². The van der Waals surface area contributed by atoms with Gasteiger partial charge in [-0.25, -0.2) is 0 Å². The van der Waals surface area contributed by atoms with Crippen LogP contribution in [0.2, 0.25) is 0 Å². The topological polar surface area (TPSA) is 6.48 Å². The van der Waals surface area contributed by atoms with Crippen LogP contribution in [0.25, 0.3) is 0 Å². The van der Waals surface area contributed by atoms with Gasteiger partial charge in [-0.1, -0.05) is 49.5 Å². The molecule has 2 rings (SSSR count). The number of hydrogen-bond acceptors (Lipinski definition) is 2. The maximum Gasteiger partial charge on any atom is 0.109 e. The third-order valence-electron chi connectivity index (χ3n) is 3.13. The van der Waals surface area contributed by atoms with Gasteiger partial charge in [-0.05, 0) is 6.54 Å². The molecule has 16 heavy (non-hydrogen) atoms. The first-order chi connectivity index (χ1) is 7.81. The van der Waals surface area contributed by atoms with Crippen molar-refractivity contribution in [2.24, 2.45) is 0 Å². The minimum absolute atomic E-state index is 0.997. The van der Waals surface area contributed by atoms with Crippen LogP contribution < -0.4 is 0 Å². The smallest absolute Gasteiger partial charge is 0.109 e. The second-order valence-corrected chi connectivity index (χ2v) is 4.48. The van der Waals surface area contributed by atoms with E-state index in [0.29, 0.717) is 0 Å². The summed E-state index contributed by atoms with van der Waals surface area (Å²) in [6, 6.07) is 10.3. The molecule has 1 aromatic carbocycles. The van der Waals surface area contributed by atoms with Crippen LogP contribution >= 0.6 is 12.2 Å². The van der Waals surface area contributed by atoms with Gasteiger partial charge in [0.05, 0.1) is 0 Å². The van der Waals surface area contributed by atoms with E-state index in [1.54, 1.807) is 0 Å². The molecule has 1 saturated heterocycles. The van der Waals surface area contributed by atoms with E-state index in [0.717, 1.165) is 37.7 Å². The second kappa shape index (κ2) is 5.41. The van der Waals surface area contributed by atoms with Crippen LogP contribution in [0.15, 0.2) is 30.3 Å². The molecular weight excluding hydrogens is 216 g/mol. The Hall–Kier alpha value is -0.930. The highest BCUT2D eigenvalue weighted by Crippen LogP contribution is 2.09. The highest BCUT2D eigenvalue weighted by Gasteiger charge is 2.18. The quantitative estimate of drug-likeness (QED) is 0.723. The first kappa shape index (κ1) is 11.6. The molecule has 1 aromatic rings. The fourth-order valence-corrected chi connectivity index (χ4v) is 2.35. The summed E-state index contributed by atoms with van der Waals surface area (Å²) in [6.45, 7) is 7.73. The monoisotopic (exact) mass is 234 g/mol. The molecule has 1 aliphatic heterocycles. The third kappa shape index (κ3) is 2.60. The van der Waals surface area contributed by atoms with Gasteiger partial charge in [-0.15, -0.1) is 0 Å². The predicted octanol–water partition coefficient (Wildman–Crippen LogP) is 2.00. The molecular formula is C13H18N2S. The van der Waals surface area contributed by atoms with Crippen molar-refractivity contribution >= 4 is 17.2 Å².